The third-order valence-electron chi connectivity index (χ3n) is 2.64. The van der Waals surface area contributed by atoms with Gasteiger partial charge in [0.05, 0.1) is 6.33 Å². The Bertz CT molecular complexity index is 574. The van der Waals surface area contributed by atoms with E-state index in [1.54, 1.807) is 28.3 Å². The molecule has 0 saturated carbocycles. The Kier molecular flexibility index (Phi) is 4.28. The van der Waals surface area contributed by atoms with Crippen LogP contribution in [0.1, 0.15) is 15.4 Å². The second-order valence-corrected chi connectivity index (χ2v) is 5.62. The largest absolute Gasteiger partial charge is 0.310 e. The summed E-state index contributed by atoms with van der Waals surface area (Å²) in [6.45, 7) is 6.19. The molecule has 2 aromatic rings. The van der Waals surface area contributed by atoms with Gasteiger partial charge in [0.1, 0.15) is 0 Å². The summed E-state index contributed by atoms with van der Waals surface area (Å²) in [5.74, 6) is 0. The molecule has 96 valence electrons. The molecule has 5 heteroatoms. The molecule has 0 fully saturated rings. The number of hydrogen-bond donors (Lipinski definition) is 1. The van der Waals surface area contributed by atoms with Gasteiger partial charge >= 0.3 is 0 Å². The zero-order valence-electron chi connectivity index (χ0n) is 10.6. The normalized spacial score (nSPS) is 10.8. The van der Waals surface area contributed by atoms with Gasteiger partial charge in [-0.05, 0) is 26.0 Å². The number of rotatable bonds is 5. The van der Waals surface area contributed by atoms with Crippen LogP contribution in [0, 0.1) is 13.8 Å². The van der Waals surface area contributed by atoms with E-state index in [0.717, 1.165) is 18.8 Å². The summed E-state index contributed by atoms with van der Waals surface area (Å²) >= 11 is 1.80. The zero-order chi connectivity index (χ0) is 13.0. The number of aromatic nitrogens is 2. The first-order chi connectivity index (χ1) is 8.65. The second kappa shape index (κ2) is 5.93. The Morgan fingerprint density at radius 1 is 1.39 bits per heavy atom. The van der Waals surface area contributed by atoms with Crippen molar-refractivity contribution < 1.29 is 0 Å². The van der Waals surface area contributed by atoms with Crippen LogP contribution in [-0.4, -0.2) is 16.1 Å². The molecule has 0 aliphatic rings. The van der Waals surface area contributed by atoms with Gasteiger partial charge in [-0.25, -0.2) is 4.98 Å². The fourth-order valence-corrected chi connectivity index (χ4v) is 2.54. The van der Waals surface area contributed by atoms with Crippen LogP contribution in [0.3, 0.4) is 0 Å². The standard InChI is InChI=1S/C13H17N3OS/c1-10-7-13(17)16(9-15-10)6-5-14-8-12-4-3-11(2)18-12/h3-4,7,9,14H,5-6,8H2,1-2H3. The van der Waals surface area contributed by atoms with Crippen molar-refractivity contribution in [2.75, 3.05) is 6.54 Å². The number of nitrogens with one attached hydrogen (secondary N) is 1. The molecule has 0 bridgehead atoms. The van der Waals surface area contributed by atoms with Crippen LogP contribution in [-0.2, 0) is 13.1 Å². The molecule has 1 N–H and O–H groups in total. The molecule has 0 saturated heterocycles. The lowest BCUT2D eigenvalue weighted by Gasteiger charge is -2.06. The van der Waals surface area contributed by atoms with Gasteiger partial charge in [0, 0.05) is 41.1 Å². The van der Waals surface area contributed by atoms with Crippen molar-refractivity contribution in [2.45, 2.75) is 26.9 Å². The molecule has 0 unspecified atom stereocenters. The summed E-state index contributed by atoms with van der Waals surface area (Å²) in [4.78, 5) is 18.4. The number of thiophene rings is 1. The van der Waals surface area contributed by atoms with E-state index in [1.165, 1.54) is 9.75 Å². The Labute approximate surface area is 110 Å². The van der Waals surface area contributed by atoms with Gasteiger partial charge < -0.3 is 5.32 Å². The maximum Gasteiger partial charge on any atom is 0.253 e. The van der Waals surface area contributed by atoms with Crippen LogP contribution in [0.4, 0.5) is 0 Å². The van der Waals surface area contributed by atoms with Crippen molar-refractivity contribution in [3.8, 4) is 0 Å². The summed E-state index contributed by atoms with van der Waals surface area (Å²) in [7, 11) is 0. The minimum Gasteiger partial charge on any atom is -0.310 e. The van der Waals surface area contributed by atoms with Crippen molar-refractivity contribution >= 4 is 11.3 Å². The van der Waals surface area contributed by atoms with Crippen LogP contribution in [0.5, 0.6) is 0 Å². The van der Waals surface area contributed by atoms with E-state index in [9.17, 15) is 4.79 Å². The maximum atomic E-state index is 11.6. The third kappa shape index (κ3) is 3.51. The van der Waals surface area contributed by atoms with E-state index in [0.29, 0.717) is 6.54 Å². The highest BCUT2D eigenvalue weighted by Gasteiger charge is 1.98. The molecular formula is C13H17N3OS. The van der Waals surface area contributed by atoms with Crippen molar-refractivity contribution in [3.05, 3.63) is 50.3 Å². The van der Waals surface area contributed by atoms with Gasteiger partial charge in [-0.15, -0.1) is 11.3 Å². The molecule has 0 spiro atoms. The number of aryl methyl sites for hydroxylation is 2. The Balaban J connectivity index is 1.80. The smallest absolute Gasteiger partial charge is 0.253 e. The first-order valence-electron chi connectivity index (χ1n) is 5.94. The van der Waals surface area contributed by atoms with E-state index in [-0.39, 0.29) is 5.56 Å². The highest BCUT2D eigenvalue weighted by molar-refractivity contribution is 7.11. The van der Waals surface area contributed by atoms with Crippen LogP contribution in [0.2, 0.25) is 0 Å². The van der Waals surface area contributed by atoms with Gasteiger partial charge in [0.15, 0.2) is 0 Å². The fourth-order valence-electron chi connectivity index (χ4n) is 1.68. The molecule has 0 atom stereocenters. The molecule has 0 radical (unpaired) electrons. The lowest BCUT2D eigenvalue weighted by Crippen LogP contribution is -2.26. The van der Waals surface area contributed by atoms with Crippen molar-refractivity contribution in [3.63, 3.8) is 0 Å². The predicted octanol–water partition coefficient (Wildman–Crippen LogP) is 1.71. The quantitative estimate of drug-likeness (QED) is 0.835. The zero-order valence-corrected chi connectivity index (χ0v) is 11.5. The number of hydrogen-bond acceptors (Lipinski definition) is 4. The molecular weight excluding hydrogens is 246 g/mol. The van der Waals surface area contributed by atoms with Crippen molar-refractivity contribution in [2.24, 2.45) is 0 Å². The third-order valence-corrected chi connectivity index (χ3v) is 3.64. The van der Waals surface area contributed by atoms with Gasteiger partial charge in [-0.3, -0.25) is 9.36 Å². The molecule has 0 aliphatic heterocycles. The van der Waals surface area contributed by atoms with Crippen LogP contribution >= 0.6 is 11.3 Å². The molecule has 4 nitrogen and oxygen atoms in total. The van der Waals surface area contributed by atoms with Crippen LogP contribution in [0.25, 0.3) is 0 Å². The average molecular weight is 263 g/mol. The predicted molar refractivity (Wildman–Crippen MR) is 74.0 cm³/mol. The number of nitrogens with zero attached hydrogens (tertiary/aromatic N) is 2. The summed E-state index contributed by atoms with van der Waals surface area (Å²) in [6, 6.07) is 5.81. The molecule has 2 rings (SSSR count). The van der Waals surface area contributed by atoms with E-state index >= 15 is 0 Å². The Morgan fingerprint density at radius 2 is 2.22 bits per heavy atom. The van der Waals surface area contributed by atoms with Crippen molar-refractivity contribution in [1.29, 1.82) is 0 Å². The molecule has 2 heterocycles. The van der Waals surface area contributed by atoms with Gasteiger partial charge in [-0.2, -0.15) is 0 Å². The molecule has 0 amide bonds. The Hall–Kier alpha value is -1.46. The first-order valence-corrected chi connectivity index (χ1v) is 6.76. The van der Waals surface area contributed by atoms with Crippen LogP contribution < -0.4 is 10.9 Å². The van der Waals surface area contributed by atoms with Crippen molar-refractivity contribution in [1.82, 2.24) is 14.9 Å². The summed E-state index contributed by atoms with van der Waals surface area (Å²) < 4.78 is 1.62. The second-order valence-electron chi connectivity index (χ2n) is 4.25. The average Bonchev–Trinajstić information content (AvgIpc) is 2.73. The lowest BCUT2D eigenvalue weighted by molar-refractivity contribution is 0.579. The van der Waals surface area contributed by atoms with E-state index in [4.69, 9.17) is 0 Å². The van der Waals surface area contributed by atoms with E-state index < -0.39 is 0 Å². The summed E-state index contributed by atoms with van der Waals surface area (Å²) in [5, 5.41) is 3.33. The molecule has 0 aliphatic carbocycles. The highest BCUT2D eigenvalue weighted by atomic mass is 32.1. The summed E-state index contributed by atoms with van der Waals surface area (Å²) in [6.07, 6.45) is 1.61. The topological polar surface area (TPSA) is 46.9 Å². The van der Waals surface area contributed by atoms with Gasteiger partial charge in [0.2, 0.25) is 0 Å². The maximum absolute atomic E-state index is 11.6. The van der Waals surface area contributed by atoms with Crippen LogP contribution in [0.15, 0.2) is 29.3 Å². The minimum absolute atomic E-state index is 0.0104. The van der Waals surface area contributed by atoms with Gasteiger partial charge in [-0.1, -0.05) is 0 Å². The lowest BCUT2D eigenvalue weighted by atomic mass is 10.4. The molecule has 2 aromatic heterocycles. The fraction of sp³-hybridized carbons (Fsp3) is 0.385. The first kappa shape index (κ1) is 13.0. The van der Waals surface area contributed by atoms with Gasteiger partial charge in [0.25, 0.3) is 5.56 Å². The monoisotopic (exact) mass is 263 g/mol. The molecule has 0 aromatic carbocycles. The molecule has 18 heavy (non-hydrogen) atoms. The highest BCUT2D eigenvalue weighted by Crippen LogP contribution is 2.14. The Morgan fingerprint density at radius 3 is 2.89 bits per heavy atom. The van der Waals surface area contributed by atoms with E-state index in [2.05, 4.69) is 29.4 Å². The van der Waals surface area contributed by atoms with E-state index in [1.807, 2.05) is 6.92 Å². The SMILES string of the molecule is Cc1cc(=O)n(CCNCc2ccc(C)s2)cn1. The summed E-state index contributed by atoms with van der Waals surface area (Å²) in [5.41, 5.74) is 0.773. The minimum atomic E-state index is 0.0104.